The van der Waals surface area contributed by atoms with Crippen molar-refractivity contribution >= 4 is 17.3 Å². The van der Waals surface area contributed by atoms with Gasteiger partial charge < -0.3 is 10.6 Å². The first-order valence-electron chi connectivity index (χ1n) is 8.11. The molecular weight excluding hydrogens is 304 g/mol. The molecule has 0 aliphatic heterocycles. The fourth-order valence-electron chi connectivity index (χ4n) is 2.33. The maximum absolute atomic E-state index is 4.66. The zero-order valence-electron chi connectivity index (χ0n) is 14.3. The molecule has 1 heterocycles. The van der Waals surface area contributed by atoms with Crippen molar-refractivity contribution in [2.45, 2.75) is 46.2 Å². The number of aromatic nitrogens is 1. The molecule has 124 valence electrons. The van der Waals surface area contributed by atoms with Gasteiger partial charge in [0.05, 0.1) is 6.54 Å². The number of rotatable bonds is 6. The van der Waals surface area contributed by atoms with Gasteiger partial charge in [-0.1, -0.05) is 37.3 Å². The van der Waals surface area contributed by atoms with Crippen molar-refractivity contribution in [1.29, 1.82) is 0 Å². The van der Waals surface area contributed by atoms with Gasteiger partial charge in [0.15, 0.2) is 5.96 Å². The predicted octanol–water partition coefficient (Wildman–Crippen LogP) is 3.70. The van der Waals surface area contributed by atoms with Crippen LogP contribution in [0, 0.1) is 6.92 Å². The molecule has 2 rings (SSSR count). The normalized spacial score (nSPS) is 14.3. The van der Waals surface area contributed by atoms with Crippen LogP contribution in [0.25, 0.3) is 0 Å². The summed E-state index contributed by atoms with van der Waals surface area (Å²) in [4.78, 5) is 10.2. The van der Waals surface area contributed by atoms with Gasteiger partial charge in [0.25, 0.3) is 0 Å². The molecule has 0 spiro atoms. The molecule has 1 aromatic carbocycles. The van der Waals surface area contributed by atoms with E-state index in [2.05, 4.69) is 78.6 Å². The maximum atomic E-state index is 4.66. The van der Waals surface area contributed by atoms with Crippen molar-refractivity contribution in [2.24, 2.45) is 4.99 Å². The Hall–Kier alpha value is -1.88. The number of hydrogen-bond donors (Lipinski definition) is 2. The van der Waals surface area contributed by atoms with Crippen molar-refractivity contribution in [3.63, 3.8) is 0 Å². The third kappa shape index (κ3) is 5.36. The first-order valence-corrected chi connectivity index (χ1v) is 8.93. The molecule has 0 saturated heterocycles. The van der Waals surface area contributed by atoms with Crippen LogP contribution in [-0.2, 0) is 6.54 Å². The second-order valence-corrected chi connectivity index (χ2v) is 7.01. The number of thiazole rings is 1. The largest absolute Gasteiger partial charge is 0.357 e. The van der Waals surface area contributed by atoms with Crippen LogP contribution in [-0.4, -0.2) is 23.5 Å². The van der Waals surface area contributed by atoms with Gasteiger partial charge in [-0.15, -0.1) is 11.3 Å². The molecule has 2 N–H and O–H groups in total. The van der Waals surface area contributed by atoms with E-state index in [1.54, 1.807) is 11.3 Å². The summed E-state index contributed by atoms with van der Waals surface area (Å²) >= 11 is 1.70. The maximum Gasteiger partial charge on any atom is 0.191 e. The molecule has 23 heavy (non-hydrogen) atoms. The summed E-state index contributed by atoms with van der Waals surface area (Å²) in [6, 6.07) is 10.9. The van der Waals surface area contributed by atoms with Crippen LogP contribution >= 0.6 is 11.3 Å². The zero-order valence-corrected chi connectivity index (χ0v) is 15.2. The molecule has 0 amide bonds. The Bertz CT molecular complexity index is 621. The lowest BCUT2D eigenvalue weighted by Crippen LogP contribution is -2.44. The van der Waals surface area contributed by atoms with E-state index >= 15 is 0 Å². The van der Waals surface area contributed by atoms with E-state index in [1.807, 2.05) is 6.20 Å². The summed E-state index contributed by atoms with van der Waals surface area (Å²) in [6.45, 7) is 10.0. The smallest absolute Gasteiger partial charge is 0.191 e. The number of guanidine groups is 1. The van der Waals surface area contributed by atoms with Crippen molar-refractivity contribution in [3.05, 3.63) is 52.0 Å². The molecule has 2 unspecified atom stereocenters. The molecule has 2 atom stereocenters. The van der Waals surface area contributed by atoms with Gasteiger partial charge in [0, 0.05) is 29.6 Å². The molecule has 1 aromatic heterocycles. The van der Waals surface area contributed by atoms with Crippen LogP contribution in [0.2, 0.25) is 0 Å². The minimum absolute atomic E-state index is 0.285. The molecule has 0 saturated carbocycles. The summed E-state index contributed by atoms with van der Waals surface area (Å²) in [5.41, 5.74) is 1.33. The number of hydrogen-bond acceptors (Lipinski definition) is 3. The second kappa shape index (κ2) is 8.67. The van der Waals surface area contributed by atoms with Gasteiger partial charge in [-0.05, 0) is 26.3 Å². The average molecular weight is 331 g/mol. The van der Waals surface area contributed by atoms with Gasteiger partial charge in [0.1, 0.15) is 5.01 Å². The number of nitrogens with zero attached hydrogens (tertiary/aromatic N) is 2. The van der Waals surface area contributed by atoms with Crippen molar-refractivity contribution in [3.8, 4) is 0 Å². The Labute approximate surface area is 143 Å². The van der Waals surface area contributed by atoms with E-state index in [-0.39, 0.29) is 6.04 Å². The molecule has 5 heteroatoms. The van der Waals surface area contributed by atoms with E-state index in [9.17, 15) is 0 Å². The van der Waals surface area contributed by atoms with Crippen LogP contribution in [0.5, 0.6) is 0 Å². The number of aliphatic imine (C=N–C) groups is 1. The SMILES string of the molecule is CCNC(=NCc1ncc(C)s1)NC(C)C(C)c1ccccc1. The summed E-state index contributed by atoms with van der Waals surface area (Å²) in [6.07, 6.45) is 1.90. The van der Waals surface area contributed by atoms with Gasteiger partial charge in [-0.2, -0.15) is 0 Å². The molecular formula is C18H26N4S. The first kappa shape index (κ1) is 17.5. The van der Waals surface area contributed by atoms with Crippen LogP contribution in [0.4, 0.5) is 0 Å². The standard InChI is InChI=1S/C18H26N4S/c1-5-19-18(21-12-17-20-11-13(2)23-17)22-15(4)14(3)16-9-7-6-8-10-16/h6-11,14-15H,5,12H2,1-4H3,(H2,19,21,22). The highest BCUT2D eigenvalue weighted by atomic mass is 32.1. The summed E-state index contributed by atoms with van der Waals surface area (Å²) in [7, 11) is 0. The summed E-state index contributed by atoms with van der Waals surface area (Å²) in [5, 5.41) is 7.87. The highest BCUT2D eigenvalue weighted by Crippen LogP contribution is 2.18. The van der Waals surface area contributed by atoms with Crippen molar-refractivity contribution in [1.82, 2.24) is 15.6 Å². The van der Waals surface area contributed by atoms with Gasteiger partial charge >= 0.3 is 0 Å². The Morgan fingerprint density at radius 3 is 2.61 bits per heavy atom. The number of nitrogens with one attached hydrogen (secondary N) is 2. The highest BCUT2D eigenvalue weighted by Gasteiger charge is 2.15. The second-order valence-electron chi connectivity index (χ2n) is 5.69. The Balaban J connectivity index is 2.00. The summed E-state index contributed by atoms with van der Waals surface area (Å²) in [5.74, 6) is 1.25. The van der Waals surface area contributed by atoms with Gasteiger partial charge in [0.2, 0.25) is 0 Å². The molecule has 2 aromatic rings. The van der Waals surface area contributed by atoms with E-state index in [0.717, 1.165) is 17.5 Å². The fraction of sp³-hybridized carbons (Fsp3) is 0.444. The molecule has 0 radical (unpaired) electrons. The van der Waals surface area contributed by atoms with Gasteiger partial charge in [-0.3, -0.25) is 0 Å². The Morgan fingerprint density at radius 2 is 2.00 bits per heavy atom. The topological polar surface area (TPSA) is 49.3 Å². The predicted molar refractivity (Wildman–Crippen MR) is 99.1 cm³/mol. The molecule has 0 aliphatic carbocycles. The van der Waals surface area contributed by atoms with E-state index < -0.39 is 0 Å². The van der Waals surface area contributed by atoms with Gasteiger partial charge in [-0.25, -0.2) is 9.98 Å². The average Bonchev–Trinajstić information content (AvgIpc) is 2.98. The molecule has 0 fully saturated rings. The summed E-state index contributed by atoms with van der Waals surface area (Å²) < 4.78 is 0. The van der Waals surface area contributed by atoms with Crippen LogP contribution < -0.4 is 10.6 Å². The molecule has 4 nitrogen and oxygen atoms in total. The van der Waals surface area contributed by atoms with E-state index in [1.165, 1.54) is 10.4 Å². The molecule has 0 bridgehead atoms. The van der Waals surface area contributed by atoms with Crippen LogP contribution in [0.3, 0.4) is 0 Å². The minimum atomic E-state index is 0.285. The van der Waals surface area contributed by atoms with Crippen molar-refractivity contribution < 1.29 is 0 Å². The zero-order chi connectivity index (χ0) is 16.7. The van der Waals surface area contributed by atoms with Crippen LogP contribution in [0.15, 0.2) is 41.5 Å². The first-order chi connectivity index (χ1) is 11.1. The van der Waals surface area contributed by atoms with Crippen LogP contribution in [0.1, 0.15) is 42.1 Å². The fourth-order valence-corrected chi connectivity index (χ4v) is 3.04. The lowest BCUT2D eigenvalue weighted by atomic mass is 9.94. The Morgan fingerprint density at radius 1 is 1.26 bits per heavy atom. The minimum Gasteiger partial charge on any atom is -0.357 e. The highest BCUT2D eigenvalue weighted by molar-refractivity contribution is 7.11. The number of aryl methyl sites for hydroxylation is 1. The lowest BCUT2D eigenvalue weighted by Gasteiger charge is -2.24. The quantitative estimate of drug-likeness (QED) is 0.627. The Kier molecular flexibility index (Phi) is 6.59. The van der Waals surface area contributed by atoms with E-state index in [0.29, 0.717) is 12.5 Å². The molecule has 0 aliphatic rings. The number of benzene rings is 1. The van der Waals surface area contributed by atoms with E-state index in [4.69, 9.17) is 0 Å². The third-order valence-electron chi connectivity index (χ3n) is 3.83. The monoisotopic (exact) mass is 330 g/mol. The third-order valence-corrected chi connectivity index (χ3v) is 4.72. The van der Waals surface area contributed by atoms with Crippen molar-refractivity contribution in [2.75, 3.05) is 6.54 Å². The lowest BCUT2D eigenvalue weighted by molar-refractivity contribution is 0.550.